The van der Waals surface area contributed by atoms with E-state index in [0.717, 1.165) is 37.1 Å². The average molecular weight is 360 g/mol. The minimum atomic E-state index is 0.200. The molecule has 1 amide bonds. The number of alkyl halides is 1. The summed E-state index contributed by atoms with van der Waals surface area (Å²) in [6.45, 7) is 12.3. The van der Waals surface area contributed by atoms with E-state index in [1.165, 1.54) is 19.3 Å². The Balaban J connectivity index is 2.34. The first-order valence-corrected chi connectivity index (χ1v) is 9.61. The second-order valence-electron chi connectivity index (χ2n) is 8.59. The highest BCUT2D eigenvalue weighted by molar-refractivity contribution is 9.09. The zero-order valence-corrected chi connectivity index (χ0v) is 16.2. The van der Waals surface area contributed by atoms with E-state index in [-0.39, 0.29) is 17.2 Å². The van der Waals surface area contributed by atoms with Crippen LogP contribution in [0.15, 0.2) is 0 Å². The molecule has 0 spiro atoms. The molecule has 0 aromatic heterocycles. The fraction of sp³-hybridized carbons (Fsp3) is 0.944. The second kappa shape index (κ2) is 7.99. The SMILES string of the molecule is CC(C)(CCCBr)CNC(=O)C1CCC(C(C)(C)C)CC1. The van der Waals surface area contributed by atoms with Crippen LogP contribution in [0.1, 0.15) is 73.1 Å². The monoisotopic (exact) mass is 359 g/mol. The molecule has 0 heterocycles. The average Bonchev–Trinajstić information content (AvgIpc) is 2.42. The van der Waals surface area contributed by atoms with Crippen LogP contribution in [0.5, 0.6) is 0 Å². The largest absolute Gasteiger partial charge is 0.355 e. The first-order valence-electron chi connectivity index (χ1n) is 8.49. The lowest BCUT2D eigenvalue weighted by Gasteiger charge is -2.36. The maximum absolute atomic E-state index is 12.4. The number of nitrogens with one attached hydrogen (secondary N) is 1. The van der Waals surface area contributed by atoms with Gasteiger partial charge in [-0.2, -0.15) is 0 Å². The summed E-state index contributed by atoms with van der Waals surface area (Å²) in [5.74, 6) is 1.31. The summed E-state index contributed by atoms with van der Waals surface area (Å²) in [4.78, 5) is 12.4. The predicted molar refractivity (Wildman–Crippen MR) is 94.7 cm³/mol. The maximum atomic E-state index is 12.4. The van der Waals surface area contributed by atoms with Gasteiger partial charge < -0.3 is 5.32 Å². The topological polar surface area (TPSA) is 29.1 Å². The standard InChI is InChI=1S/C18H34BrNO/c1-17(2,3)15-9-7-14(8-10-15)16(21)20-13-18(4,5)11-6-12-19/h14-15H,6-13H2,1-5H3,(H,20,21). The van der Waals surface area contributed by atoms with Crippen LogP contribution in [0.25, 0.3) is 0 Å². The van der Waals surface area contributed by atoms with Crippen LogP contribution in [0.2, 0.25) is 0 Å². The van der Waals surface area contributed by atoms with Gasteiger partial charge in [-0.05, 0) is 55.3 Å². The van der Waals surface area contributed by atoms with Crippen LogP contribution in [0, 0.1) is 22.7 Å². The predicted octanol–water partition coefficient (Wildman–Crippen LogP) is 5.16. The van der Waals surface area contributed by atoms with Crippen molar-refractivity contribution in [2.75, 3.05) is 11.9 Å². The summed E-state index contributed by atoms with van der Waals surface area (Å²) in [5, 5.41) is 4.24. The number of rotatable bonds is 6. The summed E-state index contributed by atoms with van der Waals surface area (Å²) in [6.07, 6.45) is 6.85. The van der Waals surface area contributed by atoms with Crippen molar-refractivity contribution in [2.24, 2.45) is 22.7 Å². The number of carbonyl (C=O) groups is 1. The lowest BCUT2D eigenvalue weighted by atomic mass is 9.69. The van der Waals surface area contributed by atoms with Gasteiger partial charge in [0.25, 0.3) is 0 Å². The molecule has 1 N–H and O–H groups in total. The minimum absolute atomic E-state index is 0.200. The normalized spacial score (nSPS) is 23.9. The van der Waals surface area contributed by atoms with Crippen molar-refractivity contribution in [3.05, 3.63) is 0 Å². The van der Waals surface area contributed by atoms with E-state index in [2.05, 4.69) is 55.9 Å². The van der Waals surface area contributed by atoms with Crippen LogP contribution < -0.4 is 5.32 Å². The molecule has 21 heavy (non-hydrogen) atoms. The molecule has 0 radical (unpaired) electrons. The zero-order chi connectivity index (χ0) is 16.1. The van der Waals surface area contributed by atoms with Crippen molar-refractivity contribution in [1.29, 1.82) is 0 Å². The van der Waals surface area contributed by atoms with Gasteiger partial charge in [-0.15, -0.1) is 0 Å². The molecule has 1 fully saturated rings. The Labute approximate surface area is 140 Å². The number of hydrogen-bond acceptors (Lipinski definition) is 1. The van der Waals surface area contributed by atoms with Crippen molar-refractivity contribution >= 4 is 21.8 Å². The van der Waals surface area contributed by atoms with Crippen molar-refractivity contribution < 1.29 is 4.79 Å². The summed E-state index contributed by atoms with van der Waals surface area (Å²) in [7, 11) is 0. The van der Waals surface area contributed by atoms with Gasteiger partial charge in [0.05, 0.1) is 0 Å². The molecule has 0 bridgehead atoms. The molecule has 0 unspecified atom stereocenters. The minimum Gasteiger partial charge on any atom is -0.355 e. The van der Waals surface area contributed by atoms with Crippen LogP contribution in [0.4, 0.5) is 0 Å². The van der Waals surface area contributed by atoms with Gasteiger partial charge in [-0.25, -0.2) is 0 Å². The van der Waals surface area contributed by atoms with Gasteiger partial charge in [-0.1, -0.05) is 50.5 Å². The lowest BCUT2D eigenvalue weighted by Crippen LogP contribution is -2.39. The van der Waals surface area contributed by atoms with Crippen LogP contribution >= 0.6 is 15.9 Å². The third kappa shape index (κ3) is 6.71. The molecule has 0 aromatic rings. The van der Waals surface area contributed by atoms with E-state index in [9.17, 15) is 4.79 Å². The Hall–Kier alpha value is -0.0500. The van der Waals surface area contributed by atoms with E-state index in [0.29, 0.717) is 5.41 Å². The summed E-state index contributed by atoms with van der Waals surface area (Å²) in [5.41, 5.74) is 0.588. The van der Waals surface area contributed by atoms with Crippen LogP contribution in [-0.4, -0.2) is 17.8 Å². The smallest absolute Gasteiger partial charge is 0.223 e. The van der Waals surface area contributed by atoms with E-state index in [1.54, 1.807) is 0 Å². The van der Waals surface area contributed by atoms with Gasteiger partial charge >= 0.3 is 0 Å². The number of halogens is 1. The van der Waals surface area contributed by atoms with Gasteiger partial charge in [-0.3, -0.25) is 4.79 Å². The Morgan fingerprint density at radius 2 is 1.67 bits per heavy atom. The molecular formula is C18H34BrNO. The van der Waals surface area contributed by atoms with Gasteiger partial charge in [0.15, 0.2) is 0 Å². The quantitative estimate of drug-likeness (QED) is 0.652. The fourth-order valence-corrected chi connectivity index (χ4v) is 3.61. The van der Waals surface area contributed by atoms with E-state index < -0.39 is 0 Å². The number of carbonyl (C=O) groups excluding carboxylic acids is 1. The first-order chi connectivity index (χ1) is 9.65. The first kappa shape index (κ1) is 19.0. The number of hydrogen-bond donors (Lipinski definition) is 1. The summed E-state index contributed by atoms with van der Waals surface area (Å²) < 4.78 is 0. The van der Waals surface area contributed by atoms with Gasteiger partial charge in [0, 0.05) is 17.8 Å². The Bertz CT molecular complexity index is 325. The molecule has 0 atom stereocenters. The molecule has 0 saturated heterocycles. The highest BCUT2D eigenvalue weighted by atomic mass is 79.9. The molecule has 1 aliphatic carbocycles. The van der Waals surface area contributed by atoms with Gasteiger partial charge in [0.2, 0.25) is 5.91 Å². The molecular weight excluding hydrogens is 326 g/mol. The van der Waals surface area contributed by atoms with Crippen LogP contribution in [-0.2, 0) is 4.79 Å². The molecule has 124 valence electrons. The maximum Gasteiger partial charge on any atom is 0.223 e. The molecule has 0 aliphatic heterocycles. The second-order valence-corrected chi connectivity index (χ2v) is 9.38. The third-order valence-corrected chi connectivity index (χ3v) is 5.61. The molecule has 1 saturated carbocycles. The van der Waals surface area contributed by atoms with Gasteiger partial charge in [0.1, 0.15) is 0 Å². The van der Waals surface area contributed by atoms with Crippen molar-refractivity contribution in [1.82, 2.24) is 5.32 Å². The molecule has 2 nitrogen and oxygen atoms in total. The van der Waals surface area contributed by atoms with Crippen molar-refractivity contribution in [3.8, 4) is 0 Å². The summed E-state index contributed by atoms with van der Waals surface area (Å²) >= 11 is 3.48. The van der Waals surface area contributed by atoms with E-state index in [1.807, 2.05) is 0 Å². The summed E-state index contributed by atoms with van der Waals surface area (Å²) in [6, 6.07) is 0. The number of amides is 1. The van der Waals surface area contributed by atoms with E-state index in [4.69, 9.17) is 0 Å². The third-order valence-electron chi connectivity index (χ3n) is 5.05. The lowest BCUT2D eigenvalue weighted by molar-refractivity contribution is -0.127. The Kier molecular flexibility index (Phi) is 7.23. The highest BCUT2D eigenvalue weighted by Crippen LogP contribution is 2.39. The van der Waals surface area contributed by atoms with Crippen LogP contribution in [0.3, 0.4) is 0 Å². The Morgan fingerprint density at radius 3 is 2.14 bits per heavy atom. The van der Waals surface area contributed by atoms with Crippen molar-refractivity contribution in [2.45, 2.75) is 73.1 Å². The molecule has 1 aliphatic rings. The van der Waals surface area contributed by atoms with E-state index >= 15 is 0 Å². The molecule has 1 rings (SSSR count). The fourth-order valence-electron chi connectivity index (χ4n) is 3.33. The zero-order valence-electron chi connectivity index (χ0n) is 14.6. The highest BCUT2D eigenvalue weighted by Gasteiger charge is 2.32. The van der Waals surface area contributed by atoms with Crippen molar-refractivity contribution in [3.63, 3.8) is 0 Å². The molecule has 3 heteroatoms. The molecule has 0 aromatic carbocycles. The Morgan fingerprint density at radius 1 is 1.10 bits per heavy atom.